The fourth-order valence-corrected chi connectivity index (χ4v) is 2.79. The highest BCUT2D eigenvalue weighted by molar-refractivity contribution is 5.91. The fraction of sp³-hybridized carbons (Fsp3) is 0.400. The minimum atomic E-state index is -0.411. The highest BCUT2D eigenvalue weighted by Crippen LogP contribution is 2.35. The third kappa shape index (κ3) is 2.67. The average Bonchev–Trinajstić information content (AvgIpc) is 2.44. The number of non-ortho nitro benzene ring substituents is 1. The first-order valence-corrected chi connectivity index (χ1v) is 7.02. The van der Waals surface area contributed by atoms with Gasteiger partial charge in [0, 0.05) is 17.6 Å². The number of benzene rings is 1. The first-order chi connectivity index (χ1) is 10.2. The lowest BCUT2D eigenvalue weighted by atomic mass is 9.82. The van der Waals surface area contributed by atoms with Gasteiger partial charge in [0.25, 0.3) is 5.69 Å². The molecule has 1 fully saturated rings. The number of pyridine rings is 1. The van der Waals surface area contributed by atoms with Crippen molar-refractivity contribution in [2.45, 2.75) is 18.9 Å². The molecule has 21 heavy (non-hydrogen) atoms. The molecule has 1 aromatic heterocycles. The summed E-state index contributed by atoms with van der Waals surface area (Å²) in [7, 11) is 1.95. The number of hydrogen-bond donors (Lipinski definition) is 1. The number of rotatable bonds is 5. The van der Waals surface area contributed by atoms with Gasteiger partial charge in [-0.2, -0.15) is 0 Å². The molecule has 0 unspecified atom stereocenters. The Hall–Kier alpha value is -2.21. The Bertz CT molecular complexity index is 668. The summed E-state index contributed by atoms with van der Waals surface area (Å²) in [5.41, 5.74) is 0.394. The van der Waals surface area contributed by atoms with Gasteiger partial charge in [0.05, 0.1) is 11.0 Å². The summed E-state index contributed by atoms with van der Waals surface area (Å²) >= 11 is 0. The second-order valence-electron chi connectivity index (χ2n) is 5.37. The number of para-hydroxylation sites is 1. The summed E-state index contributed by atoms with van der Waals surface area (Å²) in [5, 5.41) is 14.9. The Morgan fingerprint density at radius 2 is 2.24 bits per heavy atom. The Balaban J connectivity index is 1.84. The van der Waals surface area contributed by atoms with E-state index in [0.29, 0.717) is 22.6 Å². The van der Waals surface area contributed by atoms with Gasteiger partial charge >= 0.3 is 0 Å². The van der Waals surface area contributed by atoms with Gasteiger partial charge in [0.2, 0.25) is 0 Å². The lowest BCUT2D eigenvalue weighted by molar-refractivity contribution is -0.383. The van der Waals surface area contributed by atoms with Gasteiger partial charge in [-0.3, -0.25) is 10.1 Å². The number of fused-ring (bicyclic) bond motifs is 1. The van der Waals surface area contributed by atoms with Crippen LogP contribution >= 0.6 is 0 Å². The lowest BCUT2D eigenvalue weighted by Gasteiger charge is -2.35. The summed E-state index contributed by atoms with van der Waals surface area (Å²) in [4.78, 5) is 14.8. The molecule has 0 aliphatic heterocycles. The normalized spacial score (nSPS) is 21.0. The van der Waals surface area contributed by atoms with E-state index in [4.69, 9.17) is 4.74 Å². The predicted octanol–water partition coefficient (Wildman–Crippen LogP) is 2.52. The number of nitro benzene ring substituents is 1. The van der Waals surface area contributed by atoms with Crippen LogP contribution in [0.1, 0.15) is 12.8 Å². The second kappa shape index (κ2) is 5.65. The number of nitrogens with zero attached hydrogens (tertiary/aromatic N) is 2. The molecule has 1 aromatic carbocycles. The van der Waals surface area contributed by atoms with Crippen LogP contribution in [0.2, 0.25) is 0 Å². The predicted molar refractivity (Wildman–Crippen MR) is 79.5 cm³/mol. The van der Waals surface area contributed by atoms with Crippen LogP contribution in [-0.4, -0.2) is 29.6 Å². The third-order valence-electron chi connectivity index (χ3n) is 3.89. The zero-order valence-corrected chi connectivity index (χ0v) is 11.8. The largest absolute Gasteiger partial charge is 0.490 e. The highest BCUT2D eigenvalue weighted by atomic mass is 16.6. The van der Waals surface area contributed by atoms with E-state index in [1.807, 2.05) is 13.1 Å². The summed E-state index contributed by atoms with van der Waals surface area (Å²) in [6.45, 7) is 1.00. The van der Waals surface area contributed by atoms with Crippen molar-refractivity contribution in [2.24, 2.45) is 5.92 Å². The van der Waals surface area contributed by atoms with Crippen LogP contribution in [0, 0.1) is 16.0 Å². The maximum atomic E-state index is 11.0. The van der Waals surface area contributed by atoms with Gasteiger partial charge in [0.15, 0.2) is 5.52 Å². The average molecular weight is 287 g/mol. The SMILES string of the molecule is CNCC1CC(Oc2ccnc3c([N+](=O)[O-])cccc23)C1. The molecule has 1 aliphatic rings. The smallest absolute Gasteiger partial charge is 0.295 e. The molecule has 0 saturated heterocycles. The van der Waals surface area contributed by atoms with Gasteiger partial charge in [0.1, 0.15) is 5.75 Å². The summed E-state index contributed by atoms with van der Waals surface area (Å²) < 4.78 is 5.98. The maximum absolute atomic E-state index is 11.0. The van der Waals surface area contributed by atoms with Crippen LogP contribution in [0.3, 0.4) is 0 Å². The van der Waals surface area contributed by atoms with Crippen molar-refractivity contribution in [3.8, 4) is 5.75 Å². The monoisotopic (exact) mass is 287 g/mol. The lowest BCUT2D eigenvalue weighted by Crippen LogP contribution is -2.38. The van der Waals surface area contributed by atoms with E-state index in [-0.39, 0.29) is 11.8 Å². The molecular formula is C15H17N3O3. The molecule has 1 heterocycles. The van der Waals surface area contributed by atoms with Crippen LogP contribution in [0.25, 0.3) is 10.9 Å². The van der Waals surface area contributed by atoms with Crippen molar-refractivity contribution in [3.63, 3.8) is 0 Å². The third-order valence-corrected chi connectivity index (χ3v) is 3.89. The van der Waals surface area contributed by atoms with Gasteiger partial charge in [-0.05, 0) is 44.5 Å². The van der Waals surface area contributed by atoms with Crippen molar-refractivity contribution in [3.05, 3.63) is 40.6 Å². The van der Waals surface area contributed by atoms with E-state index < -0.39 is 4.92 Å². The Kier molecular flexibility index (Phi) is 3.70. The summed E-state index contributed by atoms with van der Waals surface area (Å²) in [5.74, 6) is 1.33. The molecular weight excluding hydrogens is 270 g/mol. The standard InChI is InChI=1S/C15H17N3O3/c1-16-9-10-7-11(8-10)21-14-5-6-17-15-12(14)3-2-4-13(15)18(19)20/h2-6,10-11,16H,7-9H2,1H3. The van der Waals surface area contributed by atoms with Crippen molar-refractivity contribution in [1.82, 2.24) is 10.3 Å². The van der Waals surface area contributed by atoms with Crippen molar-refractivity contribution >= 4 is 16.6 Å². The van der Waals surface area contributed by atoms with E-state index in [2.05, 4.69) is 10.3 Å². The molecule has 1 N–H and O–H groups in total. The molecule has 0 spiro atoms. The van der Waals surface area contributed by atoms with E-state index in [0.717, 1.165) is 19.4 Å². The highest BCUT2D eigenvalue weighted by Gasteiger charge is 2.30. The van der Waals surface area contributed by atoms with Gasteiger partial charge in [-0.1, -0.05) is 6.07 Å². The molecule has 0 atom stereocenters. The van der Waals surface area contributed by atoms with Crippen molar-refractivity contribution in [1.29, 1.82) is 0 Å². The zero-order valence-electron chi connectivity index (χ0n) is 11.8. The minimum Gasteiger partial charge on any atom is -0.490 e. The molecule has 6 heteroatoms. The van der Waals surface area contributed by atoms with Crippen molar-refractivity contribution in [2.75, 3.05) is 13.6 Å². The first-order valence-electron chi connectivity index (χ1n) is 7.02. The van der Waals surface area contributed by atoms with E-state index >= 15 is 0 Å². The molecule has 2 aromatic rings. The van der Waals surface area contributed by atoms with E-state index in [1.165, 1.54) is 6.07 Å². The Morgan fingerprint density at radius 1 is 1.43 bits per heavy atom. The van der Waals surface area contributed by atoms with Crippen LogP contribution in [0.15, 0.2) is 30.5 Å². The Morgan fingerprint density at radius 3 is 2.95 bits per heavy atom. The molecule has 0 radical (unpaired) electrons. The van der Waals surface area contributed by atoms with Crippen LogP contribution in [0.4, 0.5) is 5.69 Å². The van der Waals surface area contributed by atoms with Gasteiger partial charge in [-0.25, -0.2) is 4.98 Å². The number of aromatic nitrogens is 1. The number of hydrogen-bond acceptors (Lipinski definition) is 5. The Labute approximate surface area is 122 Å². The number of ether oxygens (including phenoxy) is 1. The van der Waals surface area contributed by atoms with Crippen LogP contribution < -0.4 is 10.1 Å². The molecule has 0 amide bonds. The summed E-state index contributed by atoms with van der Waals surface area (Å²) in [6, 6.07) is 6.72. The topological polar surface area (TPSA) is 77.3 Å². The molecule has 1 saturated carbocycles. The zero-order chi connectivity index (χ0) is 14.8. The molecule has 3 rings (SSSR count). The second-order valence-corrected chi connectivity index (χ2v) is 5.37. The number of nitrogens with one attached hydrogen (secondary N) is 1. The minimum absolute atomic E-state index is 0.0135. The number of nitro groups is 1. The van der Waals surface area contributed by atoms with Crippen LogP contribution in [0.5, 0.6) is 5.75 Å². The van der Waals surface area contributed by atoms with Gasteiger partial charge in [-0.15, -0.1) is 0 Å². The first kappa shape index (κ1) is 13.8. The molecule has 110 valence electrons. The van der Waals surface area contributed by atoms with Gasteiger partial charge < -0.3 is 10.1 Å². The maximum Gasteiger partial charge on any atom is 0.295 e. The van der Waals surface area contributed by atoms with E-state index in [9.17, 15) is 10.1 Å². The molecule has 1 aliphatic carbocycles. The summed E-state index contributed by atoms with van der Waals surface area (Å²) in [6.07, 6.45) is 3.78. The molecule has 6 nitrogen and oxygen atoms in total. The van der Waals surface area contributed by atoms with Crippen LogP contribution in [-0.2, 0) is 0 Å². The fourth-order valence-electron chi connectivity index (χ4n) is 2.79. The van der Waals surface area contributed by atoms with Crippen molar-refractivity contribution < 1.29 is 9.66 Å². The molecule has 0 bridgehead atoms. The quantitative estimate of drug-likeness (QED) is 0.675. The van der Waals surface area contributed by atoms with E-state index in [1.54, 1.807) is 18.3 Å².